The van der Waals surface area contributed by atoms with Crippen molar-refractivity contribution in [3.63, 3.8) is 0 Å². The Balaban J connectivity index is 1.91. The normalized spacial score (nSPS) is 10.3. The molecule has 2 aromatic carbocycles. The number of anilines is 1. The van der Waals surface area contributed by atoms with Crippen molar-refractivity contribution >= 4 is 11.6 Å². The average molecular weight is 315 g/mol. The number of benzene rings is 2. The third kappa shape index (κ3) is 5.21. The lowest BCUT2D eigenvalue weighted by atomic mass is 10.3. The highest BCUT2D eigenvalue weighted by atomic mass is 16.5. The standard InChI is InChI=1S/C18H21NO4/c1-13(2)23-17-7-5-4-6-16(17)19-18(20)12-22-15-10-8-14(21-3)9-11-15/h4-11,13H,12H2,1-3H3,(H,19,20). The first-order chi connectivity index (χ1) is 11.1. The van der Waals surface area contributed by atoms with Crippen LogP contribution in [-0.2, 0) is 4.79 Å². The highest BCUT2D eigenvalue weighted by Crippen LogP contribution is 2.24. The monoisotopic (exact) mass is 315 g/mol. The molecule has 2 rings (SSSR count). The van der Waals surface area contributed by atoms with Crippen LogP contribution in [0.1, 0.15) is 13.8 Å². The minimum atomic E-state index is -0.249. The van der Waals surface area contributed by atoms with Crippen molar-refractivity contribution < 1.29 is 19.0 Å². The molecule has 0 saturated carbocycles. The van der Waals surface area contributed by atoms with Crippen LogP contribution in [0.5, 0.6) is 17.2 Å². The van der Waals surface area contributed by atoms with Crippen molar-refractivity contribution in [3.8, 4) is 17.2 Å². The summed E-state index contributed by atoms with van der Waals surface area (Å²) in [6, 6.07) is 14.4. The largest absolute Gasteiger partial charge is 0.497 e. The molecule has 0 spiro atoms. The Morgan fingerprint density at radius 3 is 2.35 bits per heavy atom. The lowest BCUT2D eigenvalue weighted by Crippen LogP contribution is -2.21. The maximum absolute atomic E-state index is 12.0. The molecule has 1 amide bonds. The molecular formula is C18H21NO4. The molecule has 0 aliphatic rings. The molecule has 0 unspecified atom stereocenters. The van der Waals surface area contributed by atoms with Crippen LogP contribution in [0.4, 0.5) is 5.69 Å². The van der Waals surface area contributed by atoms with Gasteiger partial charge in [0.2, 0.25) is 0 Å². The van der Waals surface area contributed by atoms with Gasteiger partial charge >= 0.3 is 0 Å². The number of nitrogens with one attached hydrogen (secondary N) is 1. The summed E-state index contributed by atoms with van der Waals surface area (Å²) in [5.74, 6) is 1.73. The van der Waals surface area contributed by atoms with Crippen LogP contribution in [0.2, 0.25) is 0 Å². The predicted molar refractivity (Wildman–Crippen MR) is 89.3 cm³/mol. The van der Waals surface area contributed by atoms with E-state index in [-0.39, 0.29) is 18.6 Å². The summed E-state index contributed by atoms with van der Waals surface area (Å²) >= 11 is 0. The van der Waals surface area contributed by atoms with Gasteiger partial charge in [0, 0.05) is 0 Å². The molecule has 2 aromatic rings. The van der Waals surface area contributed by atoms with Gasteiger partial charge in [-0.05, 0) is 50.2 Å². The molecule has 0 aliphatic carbocycles. The fourth-order valence-corrected chi connectivity index (χ4v) is 1.93. The number of ether oxygens (including phenoxy) is 3. The minimum absolute atomic E-state index is 0.0311. The zero-order chi connectivity index (χ0) is 16.7. The first-order valence-electron chi connectivity index (χ1n) is 7.41. The van der Waals surface area contributed by atoms with Crippen molar-refractivity contribution in [2.24, 2.45) is 0 Å². The Kier molecular flexibility index (Phi) is 5.86. The van der Waals surface area contributed by atoms with Crippen LogP contribution in [0.15, 0.2) is 48.5 Å². The second kappa shape index (κ2) is 8.08. The third-order valence-electron chi connectivity index (χ3n) is 2.95. The zero-order valence-electron chi connectivity index (χ0n) is 13.5. The Bertz CT molecular complexity index is 638. The van der Waals surface area contributed by atoms with Crippen LogP contribution in [0.25, 0.3) is 0 Å². The van der Waals surface area contributed by atoms with Gasteiger partial charge in [0.05, 0.1) is 18.9 Å². The van der Waals surface area contributed by atoms with Crippen molar-refractivity contribution in [1.29, 1.82) is 0 Å². The summed E-state index contributed by atoms with van der Waals surface area (Å²) in [7, 11) is 1.60. The Morgan fingerprint density at radius 2 is 1.70 bits per heavy atom. The Labute approximate surface area is 136 Å². The third-order valence-corrected chi connectivity index (χ3v) is 2.95. The number of methoxy groups -OCH3 is 1. The van der Waals surface area contributed by atoms with E-state index in [4.69, 9.17) is 14.2 Å². The SMILES string of the molecule is COc1ccc(OCC(=O)Nc2ccccc2OC(C)C)cc1. The van der Waals surface area contributed by atoms with Crippen molar-refractivity contribution in [2.75, 3.05) is 19.0 Å². The molecule has 5 nitrogen and oxygen atoms in total. The van der Waals surface area contributed by atoms with E-state index in [0.717, 1.165) is 5.75 Å². The molecule has 5 heteroatoms. The lowest BCUT2D eigenvalue weighted by Gasteiger charge is -2.15. The maximum atomic E-state index is 12.0. The summed E-state index contributed by atoms with van der Waals surface area (Å²) in [5, 5.41) is 2.80. The highest BCUT2D eigenvalue weighted by Gasteiger charge is 2.09. The smallest absolute Gasteiger partial charge is 0.262 e. The van der Waals surface area contributed by atoms with E-state index in [0.29, 0.717) is 17.2 Å². The van der Waals surface area contributed by atoms with E-state index in [1.165, 1.54) is 0 Å². The number of rotatable bonds is 7. The van der Waals surface area contributed by atoms with Gasteiger partial charge in [-0.15, -0.1) is 0 Å². The van der Waals surface area contributed by atoms with Gasteiger partial charge in [-0.3, -0.25) is 4.79 Å². The topological polar surface area (TPSA) is 56.8 Å². The molecule has 0 fully saturated rings. The van der Waals surface area contributed by atoms with Crippen LogP contribution in [-0.4, -0.2) is 25.7 Å². The number of para-hydroxylation sites is 2. The number of hydrogen-bond acceptors (Lipinski definition) is 4. The molecule has 0 aromatic heterocycles. The molecule has 23 heavy (non-hydrogen) atoms. The van der Waals surface area contributed by atoms with Crippen LogP contribution >= 0.6 is 0 Å². The summed E-state index contributed by atoms with van der Waals surface area (Å²) in [6.45, 7) is 3.79. The second-order valence-corrected chi connectivity index (χ2v) is 5.18. The quantitative estimate of drug-likeness (QED) is 0.849. The van der Waals surface area contributed by atoms with Crippen LogP contribution < -0.4 is 19.5 Å². The van der Waals surface area contributed by atoms with E-state index in [1.54, 1.807) is 37.4 Å². The van der Waals surface area contributed by atoms with Gasteiger partial charge < -0.3 is 19.5 Å². The first-order valence-corrected chi connectivity index (χ1v) is 7.41. The molecule has 122 valence electrons. The van der Waals surface area contributed by atoms with Crippen molar-refractivity contribution in [2.45, 2.75) is 20.0 Å². The van der Waals surface area contributed by atoms with E-state index in [1.807, 2.05) is 32.0 Å². The van der Waals surface area contributed by atoms with Crippen LogP contribution in [0, 0.1) is 0 Å². The molecule has 0 bridgehead atoms. The molecule has 0 aliphatic heterocycles. The Morgan fingerprint density at radius 1 is 1.04 bits per heavy atom. The number of amides is 1. The minimum Gasteiger partial charge on any atom is -0.497 e. The van der Waals surface area contributed by atoms with Gasteiger partial charge in [0.15, 0.2) is 6.61 Å². The summed E-state index contributed by atoms with van der Waals surface area (Å²) in [6.07, 6.45) is 0.0311. The van der Waals surface area contributed by atoms with E-state index in [9.17, 15) is 4.79 Å². The average Bonchev–Trinajstić information content (AvgIpc) is 2.55. The highest BCUT2D eigenvalue weighted by molar-refractivity contribution is 5.93. The molecule has 0 radical (unpaired) electrons. The fourth-order valence-electron chi connectivity index (χ4n) is 1.93. The van der Waals surface area contributed by atoms with Gasteiger partial charge in [-0.2, -0.15) is 0 Å². The second-order valence-electron chi connectivity index (χ2n) is 5.18. The fraction of sp³-hybridized carbons (Fsp3) is 0.278. The molecule has 0 heterocycles. The summed E-state index contributed by atoms with van der Waals surface area (Å²) < 4.78 is 16.2. The van der Waals surface area contributed by atoms with E-state index >= 15 is 0 Å². The molecule has 0 saturated heterocycles. The molecule has 0 atom stereocenters. The van der Waals surface area contributed by atoms with Gasteiger partial charge in [-0.1, -0.05) is 12.1 Å². The number of hydrogen-bond donors (Lipinski definition) is 1. The van der Waals surface area contributed by atoms with E-state index < -0.39 is 0 Å². The predicted octanol–water partition coefficient (Wildman–Crippen LogP) is 3.50. The zero-order valence-corrected chi connectivity index (χ0v) is 13.5. The number of carbonyl (C=O) groups is 1. The first kappa shape index (κ1) is 16.7. The van der Waals surface area contributed by atoms with Gasteiger partial charge in [-0.25, -0.2) is 0 Å². The van der Waals surface area contributed by atoms with Gasteiger partial charge in [0.25, 0.3) is 5.91 Å². The van der Waals surface area contributed by atoms with Gasteiger partial charge in [0.1, 0.15) is 17.2 Å². The Hall–Kier alpha value is -2.69. The van der Waals surface area contributed by atoms with Crippen molar-refractivity contribution in [1.82, 2.24) is 0 Å². The van der Waals surface area contributed by atoms with Crippen LogP contribution in [0.3, 0.4) is 0 Å². The van der Waals surface area contributed by atoms with E-state index in [2.05, 4.69) is 5.32 Å². The lowest BCUT2D eigenvalue weighted by molar-refractivity contribution is -0.118. The summed E-state index contributed by atoms with van der Waals surface area (Å²) in [4.78, 5) is 12.0. The van der Waals surface area contributed by atoms with Crippen molar-refractivity contribution in [3.05, 3.63) is 48.5 Å². The maximum Gasteiger partial charge on any atom is 0.262 e. The molecule has 1 N–H and O–H groups in total. The summed E-state index contributed by atoms with van der Waals surface area (Å²) in [5.41, 5.74) is 0.629. The number of carbonyl (C=O) groups excluding carboxylic acids is 1. The molecular weight excluding hydrogens is 294 g/mol.